The summed E-state index contributed by atoms with van der Waals surface area (Å²) in [7, 11) is 1.48. The predicted octanol–water partition coefficient (Wildman–Crippen LogP) is 1.06. The number of methoxy groups -OCH3 is 1. The third-order valence-corrected chi connectivity index (χ3v) is 2.32. The number of rotatable bonds is 5. The van der Waals surface area contributed by atoms with Crippen molar-refractivity contribution in [1.29, 1.82) is 0 Å². The van der Waals surface area contributed by atoms with Crippen molar-refractivity contribution >= 4 is 11.7 Å². The highest BCUT2D eigenvalue weighted by atomic mass is 16.5. The first-order valence-electron chi connectivity index (χ1n) is 5.30. The van der Waals surface area contributed by atoms with E-state index in [1.165, 1.54) is 7.11 Å². The third-order valence-electron chi connectivity index (χ3n) is 2.32. The van der Waals surface area contributed by atoms with Gasteiger partial charge in [-0.25, -0.2) is 4.79 Å². The molecule has 1 aromatic carbocycles. The first-order chi connectivity index (χ1) is 8.10. The molecule has 17 heavy (non-hydrogen) atoms. The highest BCUT2D eigenvalue weighted by Gasteiger charge is 2.15. The lowest BCUT2D eigenvalue weighted by Gasteiger charge is -2.11. The fourth-order valence-electron chi connectivity index (χ4n) is 1.25. The van der Waals surface area contributed by atoms with E-state index in [0.717, 1.165) is 0 Å². The molecule has 0 aliphatic rings. The number of nitrogen functional groups attached to an aromatic ring is 1. The van der Waals surface area contributed by atoms with Gasteiger partial charge in [0.25, 0.3) is 0 Å². The minimum atomic E-state index is -0.512. The van der Waals surface area contributed by atoms with Crippen LogP contribution in [0.2, 0.25) is 0 Å². The van der Waals surface area contributed by atoms with Crippen LogP contribution in [0.4, 0.5) is 5.69 Å². The number of hydrogen-bond acceptors (Lipinski definition) is 5. The number of anilines is 1. The van der Waals surface area contributed by atoms with E-state index in [-0.39, 0.29) is 30.4 Å². The van der Waals surface area contributed by atoms with Gasteiger partial charge >= 0.3 is 5.97 Å². The van der Waals surface area contributed by atoms with E-state index in [2.05, 4.69) is 0 Å². The van der Waals surface area contributed by atoms with Gasteiger partial charge in [-0.05, 0) is 12.1 Å². The lowest BCUT2D eigenvalue weighted by Crippen LogP contribution is -2.15. The van der Waals surface area contributed by atoms with Crippen LogP contribution in [0.1, 0.15) is 17.3 Å². The van der Waals surface area contributed by atoms with Crippen LogP contribution in [0.5, 0.6) is 5.75 Å². The van der Waals surface area contributed by atoms with Gasteiger partial charge in [-0.15, -0.1) is 0 Å². The Morgan fingerprint density at radius 2 is 2.24 bits per heavy atom. The largest absolute Gasteiger partial charge is 0.495 e. The molecule has 0 saturated heterocycles. The highest BCUT2D eigenvalue weighted by Crippen LogP contribution is 2.25. The third kappa shape index (κ3) is 3.35. The summed E-state index contributed by atoms with van der Waals surface area (Å²) in [5.41, 5.74) is 6.29. The van der Waals surface area contributed by atoms with Crippen molar-refractivity contribution in [2.45, 2.75) is 6.92 Å². The zero-order valence-corrected chi connectivity index (χ0v) is 9.97. The van der Waals surface area contributed by atoms with Crippen LogP contribution in [0.3, 0.4) is 0 Å². The second-order valence-electron chi connectivity index (χ2n) is 3.81. The predicted molar refractivity (Wildman–Crippen MR) is 63.9 cm³/mol. The number of carbonyl (C=O) groups excluding carboxylic acids is 1. The fourth-order valence-corrected chi connectivity index (χ4v) is 1.25. The maximum absolute atomic E-state index is 11.7. The molecule has 5 nitrogen and oxygen atoms in total. The normalized spacial score (nSPS) is 11.9. The van der Waals surface area contributed by atoms with Crippen LogP contribution in [-0.2, 0) is 4.74 Å². The SMILES string of the molecule is COc1cccc(C(=O)OCC(C)CO)c1N. The summed E-state index contributed by atoms with van der Waals surface area (Å²) in [6.45, 7) is 1.91. The van der Waals surface area contributed by atoms with Gasteiger partial charge in [0.15, 0.2) is 0 Å². The van der Waals surface area contributed by atoms with Crippen LogP contribution in [0.25, 0.3) is 0 Å². The minimum absolute atomic E-state index is 0.0269. The van der Waals surface area contributed by atoms with E-state index in [1.54, 1.807) is 25.1 Å². The van der Waals surface area contributed by atoms with E-state index >= 15 is 0 Å². The lowest BCUT2D eigenvalue weighted by molar-refractivity contribution is 0.0406. The monoisotopic (exact) mass is 239 g/mol. The van der Waals surface area contributed by atoms with Gasteiger partial charge in [0.2, 0.25) is 0 Å². The number of carbonyl (C=O) groups is 1. The summed E-state index contributed by atoms with van der Waals surface area (Å²) in [5, 5.41) is 8.82. The fraction of sp³-hybridized carbons (Fsp3) is 0.417. The van der Waals surface area contributed by atoms with Crippen molar-refractivity contribution in [1.82, 2.24) is 0 Å². The molecule has 5 heteroatoms. The second kappa shape index (κ2) is 6.10. The summed E-state index contributed by atoms with van der Waals surface area (Å²) in [4.78, 5) is 11.7. The molecular formula is C12H17NO4. The number of hydrogen-bond donors (Lipinski definition) is 2. The van der Waals surface area contributed by atoms with Crippen LogP contribution in [0.15, 0.2) is 18.2 Å². The number of benzene rings is 1. The van der Waals surface area contributed by atoms with Gasteiger partial charge in [0.05, 0.1) is 25.0 Å². The lowest BCUT2D eigenvalue weighted by atomic mass is 10.1. The molecule has 0 bridgehead atoms. The molecule has 1 aromatic rings. The smallest absolute Gasteiger partial charge is 0.340 e. The average molecular weight is 239 g/mol. The first kappa shape index (κ1) is 13.3. The van der Waals surface area contributed by atoms with Gasteiger partial charge in [-0.2, -0.15) is 0 Å². The summed E-state index contributed by atoms with van der Waals surface area (Å²) >= 11 is 0. The summed E-state index contributed by atoms with van der Waals surface area (Å²) in [6.07, 6.45) is 0. The molecule has 0 amide bonds. The van der Waals surface area contributed by atoms with Crippen LogP contribution in [-0.4, -0.2) is 31.4 Å². The van der Waals surface area contributed by atoms with Crippen LogP contribution < -0.4 is 10.5 Å². The van der Waals surface area contributed by atoms with Gasteiger partial charge in [0.1, 0.15) is 5.75 Å². The molecule has 0 aliphatic heterocycles. The molecule has 1 unspecified atom stereocenters. The van der Waals surface area contributed by atoms with Crippen molar-refractivity contribution in [3.05, 3.63) is 23.8 Å². The van der Waals surface area contributed by atoms with Crippen LogP contribution in [0, 0.1) is 5.92 Å². The topological polar surface area (TPSA) is 81.8 Å². The number of aliphatic hydroxyl groups excluding tert-OH is 1. The molecule has 0 heterocycles. The Balaban J connectivity index is 2.75. The van der Waals surface area contributed by atoms with E-state index in [4.69, 9.17) is 20.3 Å². The van der Waals surface area contributed by atoms with E-state index in [0.29, 0.717) is 5.75 Å². The summed E-state index contributed by atoms with van der Waals surface area (Å²) in [6, 6.07) is 4.91. The molecule has 1 atom stereocenters. The number of para-hydroxylation sites is 1. The number of ether oxygens (including phenoxy) is 2. The molecule has 0 saturated carbocycles. The standard InChI is InChI=1S/C12H17NO4/c1-8(6-14)7-17-12(15)9-4-3-5-10(16-2)11(9)13/h3-5,8,14H,6-7,13H2,1-2H3. The van der Waals surface area contributed by atoms with Gasteiger partial charge < -0.3 is 20.3 Å². The van der Waals surface area contributed by atoms with Gasteiger partial charge in [-0.3, -0.25) is 0 Å². The van der Waals surface area contributed by atoms with Crippen molar-refractivity contribution in [2.24, 2.45) is 5.92 Å². The Morgan fingerprint density at radius 3 is 2.82 bits per heavy atom. The maximum atomic E-state index is 11.7. The Kier molecular flexibility index (Phi) is 4.78. The van der Waals surface area contributed by atoms with Crippen LogP contribution >= 0.6 is 0 Å². The Labute approximate surface area is 100 Å². The van der Waals surface area contributed by atoms with E-state index < -0.39 is 5.97 Å². The molecule has 1 rings (SSSR count). The van der Waals surface area contributed by atoms with E-state index in [9.17, 15) is 4.79 Å². The van der Waals surface area contributed by atoms with Gasteiger partial charge in [-0.1, -0.05) is 13.0 Å². The quantitative estimate of drug-likeness (QED) is 0.593. The number of aliphatic hydroxyl groups is 1. The number of nitrogens with two attached hydrogens (primary N) is 1. The Hall–Kier alpha value is -1.75. The first-order valence-corrected chi connectivity index (χ1v) is 5.30. The number of esters is 1. The minimum Gasteiger partial charge on any atom is -0.495 e. The summed E-state index contributed by atoms with van der Waals surface area (Å²) in [5.74, 6) is -0.165. The maximum Gasteiger partial charge on any atom is 0.340 e. The average Bonchev–Trinajstić information content (AvgIpc) is 2.35. The van der Waals surface area contributed by atoms with Gasteiger partial charge in [0, 0.05) is 12.5 Å². The molecule has 0 radical (unpaired) electrons. The molecular weight excluding hydrogens is 222 g/mol. The van der Waals surface area contributed by atoms with Crippen molar-refractivity contribution in [3.8, 4) is 5.75 Å². The second-order valence-corrected chi connectivity index (χ2v) is 3.81. The molecule has 0 spiro atoms. The Bertz CT molecular complexity index is 392. The summed E-state index contributed by atoms with van der Waals surface area (Å²) < 4.78 is 10.0. The zero-order chi connectivity index (χ0) is 12.8. The molecule has 94 valence electrons. The van der Waals surface area contributed by atoms with Crippen molar-refractivity contribution in [3.63, 3.8) is 0 Å². The Morgan fingerprint density at radius 1 is 1.53 bits per heavy atom. The molecule has 0 fully saturated rings. The zero-order valence-electron chi connectivity index (χ0n) is 9.97. The molecule has 3 N–H and O–H groups in total. The van der Waals surface area contributed by atoms with Crippen molar-refractivity contribution < 1.29 is 19.4 Å². The molecule has 0 aliphatic carbocycles. The highest BCUT2D eigenvalue weighted by molar-refractivity contribution is 5.96. The van der Waals surface area contributed by atoms with E-state index in [1.807, 2.05) is 0 Å². The van der Waals surface area contributed by atoms with Crippen molar-refractivity contribution in [2.75, 3.05) is 26.1 Å². The molecule has 0 aromatic heterocycles.